The van der Waals surface area contributed by atoms with Gasteiger partial charge < -0.3 is 15.1 Å². The molecule has 3 amide bonds. The van der Waals surface area contributed by atoms with Crippen molar-refractivity contribution in [3.63, 3.8) is 0 Å². The van der Waals surface area contributed by atoms with Gasteiger partial charge in [-0.2, -0.15) is 0 Å². The number of likely N-dealkylation sites (tertiary alicyclic amines) is 1. The molecule has 7 heteroatoms. The van der Waals surface area contributed by atoms with Crippen molar-refractivity contribution in [1.29, 1.82) is 0 Å². The van der Waals surface area contributed by atoms with Crippen LogP contribution in [-0.2, 0) is 9.59 Å². The SMILES string of the molecule is CN(C)C(=O)c1ccccc1NC(=O)C(=O)N1CCCC1c1ccncc1. The van der Waals surface area contributed by atoms with Crippen LogP contribution in [0.5, 0.6) is 0 Å². The number of rotatable bonds is 3. The first-order valence-electron chi connectivity index (χ1n) is 8.81. The van der Waals surface area contributed by atoms with Crippen molar-refractivity contribution in [1.82, 2.24) is 14.8 Å². The Morgan fingerprint density at radius 3 is 2.52 bits per heavy atom. The summed E-state index contributed by atoms with van der Waals surface area (Å²) in [7, 11) is 3.27. The molecule has 1 aliphatic rings. The van der Waals surface area contributed by atoms with Crippen LogP contribution in [0.2, 0.25) is 0 Å². The molecule has 0 saturated carbocycles. The molecule has 1 aromatic heterocycles. The molecule has 1 unspecified atom stereocenters. The van der Waals surface area contributed by atoms with Crippen LogP contribution in [0.4, 0.5) is 5.69 Å². The van der Waals surface area contributed by atoms with Crippen LogP contribution in [-0.4, -0.2) is 53.1 Å². The molecule has 1 atom stereocenters. The summed E-state index contributed by atoms with van der Waals surface area (Å²) in [5.74, 6) is -1.58. The second kappa shape index (κ2) is 7.99. The van der Waals surface area contributed by atoms with E-state index in [2.05, 4.69) is 10.3 Å². The van der Waals surface area contributed by atoms with Crippen LogP contribution in [0, 0.1) is 0 Å². The van der Waals surface area contributed by atoms with Gasteiger partial charge in [-0.1, -0.05) is 12.1 Å². The molecule has 1 aromatic carbocycles. The molecular weight excluding hydrogens is 344 g/mol. The van der Waals surface area contributed by atoms with Crippen molar-refractivity contribution in [2.75, 3.05) is 26.0 Å². The van der Waals surface area contributed by atoms with E-state index in [1.165, 1.54) is 4.90 Å². The van der Waals surface area contributed by atoms with E-state index in [1.807, 2.05) is 12.1 Å². The minimum Gasteiger partial charge on any atom is -0.345 e. The standard InChI is InChI=1S/C20H22N4O3/c1-23(2)19(26)15-6-3-4-7-16(15)22-18(25)20(27)24-13-5-8-17(24)14-9-11-21-12-10-14/h3-4,6-7,9-12,17H,5,8,13H2,1-2H3,(H,22,25). The van der Waals surface area contributed by atoms with Crippen LogP contribution < -0.4 is 5.32 Å². The number of hydrogen-bond donors (Lipinski definition) is 1. The molecule has 1 N–H and O–H groups in total. The van der Waals surface area contributed by atoms with Gasteiger partial charge in [0.05, 0.1) is 17.3 Å². The Bertz CT molecular complexity index is 851. The molecule has 0 bridgehead atoms. The number of aromatic nitrogens is 1. The molecular formula is C20H22N4O3. The van der Waals surface area contributed by atoms with Crippen molar-refractivity contribution in [2.45, 2.75) is 18.9 Å². The van der Waals surface area contributed by atoms with Crippen LogP contribution in [0.3, 0.4) is 0 Å². The highest BCUT2D eigenvalue weighted by Gasteiger charge is 2.33. The second-order valence-electron chi connectivity index (χ2n) is 6.64. The Kier molecular flexibility index (Phi) is 5.49. The van der Waals surface area contributed by atoms with Crippen LogP contribution in [0.1, 0.15) is 34.8 Å². The number of para-hydroxylation sites is 1. The fourth-order valence-electron chi connectivity index (χ4n) is 3.27. The van der Waals surface area contributed by atoms with Crippen molar-refractivity contribution < 1.29 is 14.4 Å². The first-order valence-corrected chi connectivity index (χ1v) is 8.81. The van der Waals surface area contributed by atoms with E-state index in [0.717, 1.165) is 18.4 Å². The van der Waals surface area contributed by atoms with E-state index in [9.17, 15) is 14.4 Å². The quantitative estimate of drug-likeness (QED) is 0.843. The maximum absolute atomic E-state index is 12.8. The Labute approximate surface area is 158 Å². The van der Waals surface area contributed by atoms with Gasteiger partial charge in [-0.15, -0.1) is 0 Å². The third-order valence-corrected chi connectivity index (χ3v) is 4.61. The van der Waals surface area contributed by atoms with Crippen molar-refractivity contribution >= 4 is 23.4 Å². The Hall–Kier alpha value is -3.22. The molecule has 2 aromatic rings. The average molecular weight is 366 g/mol. The monoisotopic (exact) mass is 366 g/mol. The molecule has 2 heterocycles. The topological polar surface area (TPSA) is 82.6 Å². The number of benzene rings is 1. The van der Waals surface area contributed by atoms with Gasteiger partial charge in [0.15, 0.2) is 0 Å². The normalized spacial score (nSPS) is 16.1. The van der Waals surface area contributed by atoms with E-state index < -0.39 is 11.8 Å². The van der Waals surface area contributed by atoms with Crippen molar-refractivity contribution in [3.05, 3.63) is 59.9 Å². The van der Waals surface area contributed by atoms with Crippen LogP contribution >= 0.6 is 0 Å². The molecule has 7 nitrogen and oxygen atoms in total. The fraction of sp³-hybridized carbons (Fsp3) is 0.300. The second-order valence-corrected chi connectivity index (χ2v) is 6.64. The summed E-state index contributed by atoms with van der Waals surface area (Å²) >= 11 is 0. The molecule has 0 radical (unpaired) electrons. The van der Waals surface area contributed by atoms with Gasteiger partial charge in [0.1, 0.15) is 0 Å². The molecule has 1 aliphatic heterocycles. The summed E-state index contributed by atoms with van der Waals surface area (Å²) in [4.78, 5) is 44.6. The first-order chi connectivity index (χ1) is 13.0. The van der Waals surface area contributed by atoms with Gasteiger partial charge in [-0.25, -0.2) is 0 Å². The summed E-state index contributed by atoms with van der Waals surface area (Å²) in [5.41, 5.74) is 1.64. The zero-order valence-corrected chi connectivity index (χ0v) is 15.4. The number of anilines is 1. The minimum atomic E-state index is -0.741. The number of carbonyl (C=O) groups excluding carboxylic acids is 3. The number of amides is 3. The molecule has 0 spiro atoms. The van der Waals surface area contributed by atoms with E-state index >= 15 is 0 Å². The third-order valence-electron chi connectivity index (χ3n) is 4.61. The maximum Gasteiger partial charge on any atom is 0.313 e. The summed E-state index contributed by atoms with van der Waals surface area (Å²) in [6.07, 6.45) is 5.00. The lowest BCUT2D eigenvalue weighted by molar-refractivity contribution is -0.143. The highest BCUT2D eigenvalue weighted by Crippen LogP contribution is 2.31. The number of nitrogens with zero attached hydrogens (tertiary/aromatic N) is 3. The zero-order valence-electron chi connectivity index (χ0n) is 15.4. The predicted octanol–water partition coefficient (Wildman–Crippen LogP) is 2.09. The summed E-state index contributed by atoms with van der Waals surface area (Å²) in [6, 6.07) is 10.3. The number of carbonyl (C=O) groups is 3. The lowest BCUT2D eigenvalue weighted by atomic mass is 10.1. The smallest absolute Gasteiger partial charge is 0.313 e. The predicted molar refractivity (Wildman–Crippen MR) is 101 cm³/mol. The van der Waals surface area contributed by atoms with Gasteiger partial charge in [0.2, 0.25) is 0 Å². The summed E-state index contributed by atoms with van der Waals surface area (Å²) < 4.78 is 0. The molecule has 27 heavy (non-hydrogen) atoms. The van der Waals surface area contributed by atoms with Gasteiger partial charge in [-0.05, 0) is 42.7 Å². The average Bonchev–Trinajstić information content (AvgIpc) is 3.17. The summed E-state index contributed by atoms with van der Waals surface area (Å²) in [6.45, 7) is 0.525. The molecule has 1 fully saturated rings. The van der Waals surface area contributed by atoms with E-state index in [4.69, 9.17) is 0 Å². The van der Waals surface area contributed by atoms with Gasteiger partial charge >= 0.3 is 11.8 Å². The highest BCUT2D eigenvalue weighted by atomic mass is 16.2. The van der Waals surface area contributed by atoms with Gasteiger partial charge in [0.25, 0.3) is 5.91 Å². The minimum absolute atomic E-state index is 0.134. The molecule has 1 saturated heterocycles. The van der Waals surface area contributed by atoms with Gasteiger partial charge in [0, 0.05) is 33.0 Å². The fourth-order valence-corrected chi connectivity index (χ4v) is 3.27. The number of pyridine rings is 1. The van der Waals surface area contributed by atoms with E-state index in [1.54, 1.807) is 55.7 Å². The Morgan fingerprint density at radius 2 is 1.81 bits per heavy atom. The lowest BCUT2D eigenvalue weighted by Crippen LogP contribution is -2.39. The van der Waals surface area contributed by atoms with Gasteiger partial charge in [-0.3, -0.25) is 19.4 Å². The third kappa shape index (κ3) is 3.97. The summed E-state index contributed by atoms with van der Waals surface area (Å²) in [5, 5.41) is 2.60. The first kappa shape index (κ1) is 18.6. The molecule has 3 rings (SSSR count). The maximum atomic E-state index is 12.8. The number of nitrogens with one attached hydrogen (secondary N) is 1. The lowest BCUT2D eigenvalue weighted by Gasteiger charge is -2.24. The zero-order chi connectivity index (χ0) is 19.4. The van der Waals surface area contributed by atoms with Crippen LogP contribution in [0.25, 0.3) is 0 Å². The van der Waals surface area contributed by atoms with Crippen molar-refractivity contribution in [2.24, 2.45) is 0 Å². The molecule has 140 valence electrons. The highest BCUT2D eigenvalue weighted by molar-refractivity contribution is 6.40. The van der Waals surface area contributed by atoms with E-state index in [0.29, 0.717) is 17.8 Å². The molecule has 0 aliphatic carbocycles. The van der Waals surface area contributed by atoms with Crippen LogP contribution in [0.15, 0.2) is 48.8 Å². The van der Waals surface area contributed by atoms with Crippen molar-refractivity contribution in [3.8, 4) is 0 Å². The number of hydrogen-bond acceptors (Lipinski definition) is 4. The Morgan fingerprint density at radius 1 is 1.11 bits per heavy atom. The van der Waals surface area contributed by atoms with E-state index in [-0.39, 0.29) is 11.9 Å². The largest absolute Gasteiger partial charge is 0.345 e. The Balaban J connectivity index is 1.77.